The quantitative estimate of drug-likeness (QED) is 0.563. The lowest BCUT2D eigenvalue weighted by Gasteiger charge is -2.38. The molecule has 1 N–H and O–H groups in total. The zero-order chi connectivity index (χ0) is 13.7. The predicted molar refractivity (Wildman–Crippen MR) is 76.5 cm³/mol. The van der Waals surface area contributed by atoms with Crippen LogP contribution in [0.4, 0.5) is 0 Å². The molecule has 0 fully saturated rings. The van der Waals surface area contributed by atoms with E-state index in [1.165, 1.54) is 0 Å². The van der Waals surface area contributed by atoms with Crippen molar-refractivity contribution in [3.63, 3.8) is 0 Å². The van der Waals surface area contributed by atoms with Gasteiger partial charge in [-0.15, -0.1) is 0 Å². The van der Waals surface area contributed by atoms with E-state index in [1.54, 1.807) is 0 Å². The summed E-state index contributed by atoms with van der Waals surface area (Å²) in [5.41, 5.74) is 0. The summed E-state index contributed by atoms with van der Waals surface area (Å²) in [4.78, 5) is 0. The van der Waals surface area contributed by atoms with Crippen molar-refractivity contribution in [1.29, 1.82) is 0 Å². The molecule has 1 unspecified atom stereocenters. The Balaban J connectivity index is 2.89. The van der Waals surface area contributed by atoms with E-state index >= 15 is 0 Å². The van der Waals surface area contributed by atoms with Crippen LogP contribution in [0.3, 0.4) is 0 Å². The van der Waals surface area contributed by atoms with E-state index in [9.17, 15) is 5.11 Å². The summed E-state index contributed by atoms with van der Waals surface area (Å²) in [6, 6.07) is 0. The summed E-state index contributed by atoms with van der Waals surface area (Å²) >= 11 is 0. The first kappa shape index (κ1) is 15.3. The van der Waals surface area contributed by atoms with Gasteiger partial charge in [-0.3, -0.25) is 0 Å². The summed E-state index contributed by atoms with van der Waals surface area (Å²) in [5, 5.41) is 9.96. The largest absolute Gasteiger partial charge is 0.513 e. The van der Waals surface area contributed by atoms with Crippen LogP contribution in [0, 0.1) is 23.7 Å². The topological polar surface area (TPSA) is 29.5 Å². The molecule has 0 saturated carbocycles. The third kappa shape index (κ3) is 3.61. The van der Waals surface area contributed by atoms with E-state index in [-0.39, 0.29) is 17.8 Å². The minimum atomic E-state index is 0.0326. The van der Waals surface area contributed by atoms with Gasteiger partial charge in [0.2, 0.25) is 0 Å². The Morgan fingerprint density at radius 1 is 1.44 bits per heavy atom. The fourth-order valence-electron chi connectivity index (χ4n) is 3.24. The maximum atomic E-state index is 9.96. The van der Waals surface area contributed by atoms with Gasteiger partial charge in [-0.05, 0) is 44.4 Å². The molecule has 0 saturated heterocycles. The SMILES string of the molecule is C=C(O)[C@@H]([C@@H]1C[C@H](C)C=CC1CC)[C@@H](C)OCC. The van der Waals surface area contributed by atoms with Crippen LogP contribution in [0.15, 0.2) is 24.5 Å². The maximum Gasteiger partial charge on any atom is 0.0910 e. The van der Waals surface area contributed by atoms with Crippen molar-refractivity contribution in [3.05, 3.63) is 24.5 Å². The van der Waals surface area contributed by atoms with Crippen LogP contribution in [0.2, 0.25) is 0 Å². The van der Waals surface area contributed by atoms with Crippen molar-refractivity contribution >= 4 is 0 Å². The molecule has 0 heterocycles. The molecule has 104 valence electrons. The van der Waals surface area contributed by atoms with E-state index in [1.807, 2.05) is 13.8 Å². The molecule has 5 atom stereocenters. The monoisotopic (exact) mass is 252 g/mol. The molecule has 0 radical (unpaired) electrons. The van der Waals surface area contributed by atoms with Crippen LogP contribution < -0.4 is 0 Å². The van der Waals surface area contributed by atoms with Crippen molar-refractivity contribution in [2.45, 2.75) is 46.6 Å². The lowest BCUT2D eigenvalue weighted by Crippen LogP contribution is -2.35. The van der Waals surface area contributed by atoms with Crippen molar-refractivity contribution in [3.8, 4) is 0 Å². The molecule has 0 aromatic heterocycles. The summed E-state index contributed by atoms with van der Waals surface area (Å²) < 4.78 is 5.70. The van der Waals surface area contributed by atoms with Crippen LogP contribution in [0.25, 0.3) is 0 Å². The highest BCUT2D eigenvalue weighted by Gasteiger charge is 2.36. The van der Waals surface area contributed by atoms with Crippen LogP contribution in [0.1, 0.15) is 40.5 Å². The first-order valence-electron chi connectivity index (χ1n) is 7.18. The van der Waals surface area contributed by atoms with Gasteiger partial charge < -0.3 is 9.84 Å². The van der Waals surface area contributed by atoms with E-state index < -0.39 is 0 Å². The van der Waals surface area contributed by atoms with E-state index in [0.717, 1.165) is 12.8 Å². The fraction of sp³-hybridized carbons (Fsp3) is 0.750. The predicted octanol–water partition coefficient (Wildman–Crippen LogP) is 4.34. The van der Waals surface area contributed by atoms with Gasteiger partial charge in [0, 0.05) is 12.5 Å². The molecular weight excluding hydrogens is 224 g/mol. The highest BCUT2D eigenvalue weighted by molar-refractivity contribution is 5.07. The van der Waals surface area contributed by atoms with Crippen LogP contribution in [0.5, 0.6) is 0 Å². The Morgan fingerprint density at radius 2 is 2.11 bits per heavy atom. The van der Waals surface area contributed by atoms with Crippen molar-refractivity contribution in [1.82, 2.24) is 0 Å². The third-order valence-electron chi connectivity index (χ3n) is 4.13. The standard InChI is InChI=1S/C16H28O2/c1-6-14-9-8-11(3)10-15(14)16(12(4)17)13(5)18-7-2/h8-9,11,13-17H,4,6-7,10H2,1-3,5H3/t11-,13-,14?,15-,16-/m1/s1. The number of rotatable bonds is 6. The number of hydrogen-bond donors (Lipinski definition) is 1. The number of allylic oxidation sites excluding steroid dienone is 2. The number of hydrogen-bond acceptors (Lipinski definition) is 2. The number of ether oxygens (including phenoxy) is 1. The molecule has 0 spiro atoms. The lowest BCUT2D eigenvalue weighted by molar-refractivity contribution is -0.00239. The Hall–Kier alpha value is -0.760. The normalized spacial score (nSPS) is 31.0. The molecule has 0 aromatic carbocycles. The molecule has 0 bridgehead atoms. The molecule has 1 rings (SSSR count). The average Bonchev–Trinajstić information content (AvgIpc) is 2.29. The van der Waals surface area contributed by atoms with Gasteiger partial charge in [-0.2, -0.15) is 0 Å². The smallest absolute Gasteiger partial charge is 0.0910 e. The van der Waals surface area contributed by atoms with Crippen molar-refractivity contribution < 1.29 is 9.84 Å². The van der Waals surface area contributed by atoms with Crippen LogP contribution in [-0.4, -0.2) is 17.8 Å². The summed E-state index contributed by atoms with van der Waals surface area (Å²) in [6.07, 6.45) is 6.86. The fourth-order valence-corrected chi connectivity index (χ4v) is 3.24. The second-order valence-electron chi connectivity index (χ2n) is 5.51. The molecule has 0 amide bonds. The van der Waals surface area contributed by atoms with Crippen LogP contribution >= 0.6 is 0 Å². The number of aliphatic hydroxyl groups is 1. The van der Waals surface area contributed by atoms with E-state index in [0.29, 0.717) is 24.4 Å². The highest BCUT2D eigenvalue weighted by atomic mass is 16.5. The molecule has 2 heteroatoms. The van der Waals surface area contributed by atoms with Gasteiger partial charge in [0.1, 0.15) is 0 Å². The second-order valence-corrected chi connectivity index (χ2v) is 5.51. The Morgan fingerprint density at radius 3 is 2.61 bits per heavy atom. The van der Waals surface area contributed by atoms with Gasteiger partial charge in [0.25, 0.3) is 0 Å². The molecule has 0 aliphatic heterocycles. The first-order chi connectivity index (χ1) is 8.51. The van der Waals surface area contributed by atoms with Crippen molar-refractivity contribution in [2.75, 3.05) is 6.61 Å². The summed E-state index contributed by atoms with van der Waals surface area (Å²) in [5.74, 6) is 1.87. The molecule has 1 aliphatic carbocycles. The molecular formula is C16H28O2. The van der Waals surface area contributed by atoms with E-state index in [4.69, 9.17) is 4.74 Å². The molecule has 0 aromatic rings. The molecule has 1 aliphatic rings. The van der Waals surface area contributed by atoms with Gasteiger partial charge >= 0.3 is 0 Å². The minimum absolute atomic E-state index is 0.0326. The maximum absolute atomic E-state index is 9.96. The summed E-state index contributed by atoms with van der Waals surface area (Å²) in [7, 11) is 0. The molecule has 18 heavy (non-hydrogen) atoms. The Labute approximate surface area is 112 Å². The number of aliphatic hydroxyl groups excluding tert-OH is 1. The Bertz CT molecular complexity index is 295. The van der Waals surface area contributed by atoms with Gasteiger partial charge in [0.05, 0.1) is 11.9 Å². The lowest BCUT2D eigenvalue weighted by atomic mass is 9.69. The van der Waals surface area contributed by atoms with Crippen molar-refractivity contribution in [2.24, 2.45) is 23.7 Å². The Kier molecular flexibility index (Phi) is 5.94. The van der Waals surface area contributed by atoms with Gasteiger partial charge in [-0.25, -0.2) is 0 Å². The zero-order valence-electron chi connectivity index (χ0n) is 12.2. The minimum Gasteiger partial charge on any atom is -0.513 e. The summed E-state index contributed by atoms with van der Waals surface area (Å²) in [6.45, 7) is 12.9. The zero-order valence-corrected chi connectivity index (χ0v) is 12.2. The first-order valence-corrected chi connectivity index (χ1v) is 7.18. The van der Waals surface area contributed by atoms with Gasteiger partial charge in [0.15, 0.2) is 0 Å². The van der Waals surface area contributed by atoms with E-state index in [2.05, 4.69) is 32.6 Å². The third-order valence-corrected chi connectivity index (χ3v) is 4.13. The van der Waals surface area contributed by atoms with Crippen LogP contribution in [-0.2, 0) is 4.74 Å². The second kappa shape index (κ2) is 6.98. The van der Waals surface area contributed by atoms with Gasteiger partial charge in [-0.1, -0.05) is 32.6 Å². The molecule has 2 nitrogen and oxygen atoms in total. The average molecular weight is 252 g/mol. The highest BCUT2D eigenvalue weighted by Crippen LogP contribution is 2.40.